The van der Waals surface area contributed by atoms with E-state index in [0.717, 1.165) is 17.7 Å². The van der Waals surface area contributed by atoms with Crippen LogP contribution in [0, 0.1) is 6.92 Å². The Labute approximate surface area is 176 Å². The molecule has 2 aliphatic rings. The predicted molar refractivity (Wildman–Crippen MR) is 116 cm³/mol. The molecule has 3 aromatic rings. The van der Waals surface area contributed by atoms with E-state index in [9.17, 15) is 4.79 Å². The van der Waals surface area contributed by atoms with Crippen LogP contribution in [-0.2, 0) is 4.74 Å². The Morgan fingerprint density at radius 2 is 1.80 bits per heavy atom. The number of nitrogens with zero attached hydrogens (tertiary/aromatic N) is 2. The molecule has 0 bridgehead atoms. The van der Waals surface area contributed by atoms with Gasteiger partial charge in [-0.3, -0.25) is 9.88 Å². The lowest BCUT2D eigenvalue weighted by Crippen LogP contribution is -2.49. The summed E-state index contributed by atoms with van der Waals surface area (Å²) >= 11 is 0. The van der Waals surface area contributed by atoms with Crippen molar-refractivity contribution in [3.8, 4) is 11.1 Å². The van der Waals surface area contributed by atoms with Crippen LogP contribution < -0.4 is 5.32 Å². The number of aromatic nitrogens is 1. The van der Waals surface area contributed by atoms with E-state index in [1.807, 2.05) is 24.2 Å². The number of hydrogen-bond donors (Lipinski definition) is 1. The van der Waals surface area contributed by atoms with Gasteiger partial charge in [0.25, 0.3) is 0 Å². The van der Waals surface area contributed by atoms with Crippen LogP contribution in [-0.4, -0.2) is 42.2 Å². The molecular weight excluding hydrogens is 374 g/mol. The first-order valence-electron chi connectivity index (χ1n) is 10.5. The van der Waals surface area contributed by atoms with E-state index < -0.39 is 0 Å². The van der Waals surface area contributed by atoms with Gasteiger partial charge in [-0.1, -0.05) is 54.6 Å². The minimum Gasteiger partial charge on any atom is -0.448 e. The standard InChI is InChI=1S/C25H25N3O2/c1-17-12-18(14-27-13-17)24-15-26-10-11-28(24)25(29)30-16-23-21-8-4-2-6-19(21)20-7-3-5-9-22(20)23/h2-9,12-14,23-24,26H,10-11,15-16H2,1H3. The fraction of sp³-hybridized carbons (Fsp3) is 0.280. The zero-order valence-corrected chi connectivity index (χ0v) is 17.0. The molecule has 1 unspecified atom stereocenters. The average Bonchev–Trinajstić information content (AvgIpc) is 3.11. The van der Waals surface area contributed by atoms with E-state index in [2.05, 4.69) is 64.9 Å². The lowest BCUT2D eigenvalue weighted by Gasteiger charge is -2.35. The van der Waals surface area contributed by atoms with Gasteiger partial charge in [-0.25, -0.2) is 4.79 Å². The van der Waals surface area contributed by atoms with E-state index in [0.29, 0.717) is 19.7 Å². The number of ether oxygens (including phenoxy) is 1. The molecule has 0 radical (unpaired) electrons. The molecule has 1 fully saturated rings. The van der Waals surface area contributed by atoms with Gasteiger partial charge in [0.05, 0.1) is 6.04 Å². The molecule has 0 saturated carbocycles. The average molecular weight is 399 g/mol. The van der Waals surface area contributed by atoms with Crippen molar-refractivity contribution in [2.24, 2.45) is 0 Å². The molecule has 0 spiro atoms. The van der Waals surface area contributed by atoms with Crippen molar-refractivity contribution in [2.45, 2.75) is 18.9 Å². The summed E-state index contributed by atoms with van der Waals surface area (Å²) in [5.41, 5.74) is 7.05. The monoisotopic (exact) mass is 399 g/mol. The van der Waals surface area contributed by atoms with E-state index >= 15 is 0 Å². The highest BCUT2D eigenvalue weighted by molar-refractivity contribution is 5.79. The summed E-state index contributed by atoms with van der Waals surface area (Å²) in [5, 5.41) is 3.38. The second-order valence-electron chi connectivity index (χ2n) is 8.01. The van der Waals surface area contributed by atoms with Gasteiger partial charge < -0.3 is 10.1 Å². The van der Waals surface area contributed by atoms with E-state index in [-0.39, 0.29) is 18.1 Å². The van der Waals surface area contributed by atoms with E-state index in [1.165, 1.54) is 22.3 Å². The van der Waals surface area contributed by atoms with Crippen LogP contribution in [0.25, 0.3) is 11.1 Å². The first-order chi connectivity index (χ1) is 14.7. The molecule has 5 rings (SSSR count). The minimum absolute atomic E-state index is 0.0678. The van der Waals surface area contributed by atoms with Crippen LogP contribution in [0.2, 0.25) is 0 Å². The van der Waals surface area contributed by atoms with Crippen LogP contribution in [0.5, 0.6) is 0 Å². The number of carbonyl (C=O) groups excluding carboxylic acids is 1. The van der Waals surface area contributed by atoms with Gasteiger partial charge in [0, 0.05) is 37.9 Å². The summed E-state index contributed by atoms with van der Waals surface area (Å²) in [6, 6.07) is 18.8. The van der Waals surface area contributed by atoms with Crippen molar-refractivity contribution in [2.75, 3.05) is 26.2 Å². The number of rotatable bonds is 3. The summed E-state index contributed by atoms with van der Waals surface area (Å²) in [4.78, 5) is 19.2. The van der Waals surface area contributed by atoms with Crippen molar-refractivity contribution in [1.82, 2.24) is 15.2 Å². The van der Waals surface area contributed by atoms with Crippen LogP contribution in [0.3, 0.4) is 0 Å². The zero-order chi connectivity index (χ0) is 20.5. The number of pyridine rings is 1. The van der Waals surface area contributed by atoms with E-state index in [1.54, 1.807) is 0 Å². The number of hydrogen-bond acceptors (Lipinski definition) is 4. The number of aryl methyl sites for hydroxylation is 1. The molecule has 1 saturated heterocycles. The second-order valence-corrected chi connectivity index (χ2v) is 8.01. The van der Waals surface area contributed by atoms with Gasteiger partial charge in [0.15, 0.2) is 0 Å². The molecular formula is C25H25N3O2. The predicted octanol–water partition coefficient (Wildman–Crippen LogP) is 4.29. The lowest BCUT2D eigenvalue weighted by atomic mass is 9.98. The highest BCUT2D eigenvalue weighted by Crippen LogP contribution is 2.44. The fourth-order valence-electron chi connectivity index (χ4n) is 4.66. The number of fused-ring (bicyclic) bond motifs is 3. The molecule has 5 heteroatoms. The Morgan fingerprint density at radius 3 is 2.50 bits per heavy atom. The molecule has 1 N–H and O–H groups in total. The third kappa shape index (κ3) is 3.35. The van der Waals surface area contributed by atoms with Crippen LogP contribution in [0.15, 0.2) is 67.0 Å². The SMILES string of the molecule is Cc1cncc(C2CNCCN2C(=O)OCC2c3ccccc3-c3ccccc32)c1. The Balaban J connectivity index is 1.35. The van der Waals surface area contributed by atoms with Crippen molar-refractivity contribution in [3.63, 3.8) is 0 Å². The van der Waals surface area contributed by atoms with Crippen molar-refractivity contribution >= 4 is 6.09 Å². The van der Waals surface area contributed by atoms with Gasteiger partial charge in [-0.05, 0) is 40.3 Å². The molecule has 2 heterocycles. The summed E-state index contributed by atoms with van der Waals surface area (Å²) in [7, 11) is 0. The third-order valence-corrected chi connectivity index (χ3v) is 6.09. The zero-order valence-electron chi connectivity index (χ0n) is 17.0. The summed E-state index contributed by atoms with van der Waals surface area (Å²) < 4.78 is 5.90. The van der Waals surface area contributed by atoms with Gasteiger partial charge >= 0.3 is 6.09 Å². The molecule has 30 heavy (non-hydrogen) atoms. The quantitative estimate of drug-likeness (QED) is 0.714. The molecule has 1 amide bonds. The maximum absolute atomic E-state index is 13.1. The summed E-state index contributed by atoms with van der Waals surface area (Å²) in [6.45, 7) is 4.45. The molecule has 152 valence electrons. The highest BCUT2D eigenvalue weighted by atomic mass is 16.6. The van der Waals surface area contributed by atoms with Crippen LogP contribution in [0.1, 0.15) is 34.2 Å². The molecule has 1 aromatic heterocycles. The molecule has 1 atom stereocenters. The van der Waals surface area contributed by atoms with Crippen LogP contribution in [0.4, 0.5) is 4.79 Å². The first-order valence-corrected chi connectivity index (χ1v) is 10.5. The van der Waals surface area contributed by atoms with Crippen LogP contribution >= 0.6 is 0 Å². The molecule has 5 nitrogen and oxygen atoms in total. The summed E-state index contributed by atoms with van der Waals surface area (Å²) in [6.07, 6.45) is 3.41. The normalized spacial score (nSPS) is 18.0. The minimum atomic E-state index is -0.259. The van der Waals surface area contributed by atoms with E-state index in [4.69, 9.17) is 4.74 Å². The molecule has 1 aliphatic carbocycles. The lowest BCUT2D eigenvalue weighted by molar-refractivity contribution is 0.0751. The Hall–Kier alpha value is -3.18. The first kappa shape index (κ1) is 18.8. The maximum atomic E-state index is 13.1. The van der Waals surface area contributed by atoms with Gasteiger partial charge in [-0.15, -0.1) is 0 Å². The Bertz CT molecular complexity index is 1040. The van der Waals surface area contributed by atoms with Crippen molar-refractivity contribution < 1.29 is 9.53 Å². The molecule has 1 aliphatic heterocycles. The second kappa shape index (κ2) is 7.92. The smallest absolute Gasteiger partial charge is 0.410 e. The number of amides is 1. The Kier molecular flexibility index (Phi) is 4.97. The Morgan fingerprint density at radius 1 is 1.10 bits per heavy atom. The number of nitrogens with one attached hydrogen (secondary N) is 1. The van der Waals surface area contributed by atoms with Gasteiger partial charge in [0.1, 0.15) is 6.61 Å². The van der Waals surface area contributed by atoms with Crippen molar-refractivity contribution in [1.29, 1.82) is 0 Å². The number of piperazine rings is 1. The summed E-state index contributed by atoms with van der Waals surface area (Å²) in [5.74, 6) is 0.0725. The topological polar surface area (TPSA) is 54.5 Å². The number of carbonyl (C=O) groups is 1. The number of benzene rings is 2. The highest BCUT2D eigenvalue weighted by Gasteiger charge is 2.32. The maximum Gasteiger partial charge on any atom is 0.410 e. The third-order valence-electron chi connectivity index (χ3n) is 6.09. The van der Waals surface area contributed by atoms with Gasteiger partial charge in [0.2, 0.25) is 0 Å². The van der Waals surface area contributed by atoms with Crippen molar-refractivity contribution in [3.05, 3.63) is 89.2 Å². The van der Waals surface area contributed by atoms with Gasteiger partial charge in [-0.2, -0.15) is 0 Å². The largest absolute Gasteiger partial charge is 0.448 e. The fourth-order valence-corrected chi connectivity index (χ4v) is 4.66. The molecule has 2 aromatic carbocycles.